The quantitative estimate of drug-likeness (QED) is 0.869. The summed E-state index contributed by atoms with van der Waals surface area (Å²) in [6, 6.07) is 8.46. The number of carbonyl (C=O) groups is 2. The lowest BCUT2D eigenvalue weighted by atomic mass is 9.91. The largest absolute Gasteiger partial charge is 0.349 e. The van der Waals surface area contributed by atoms with Crippen LogP contribution in [0.2, 0.25) is 0 Å². The molecule has 0 radical (unpaired) electrons. The van der Waals surface area contributed by atoms with E-state index < -0.39 is 0 Å². The van der Waals surface area contributed by atoms with Crippen molar-refractivity contribution >= 4 is 11.8 Å². The fourth-order valence-electron chi connectivity index (χ4n) is 2.82. The Hall–Kier alpha value is -1.84. The minimum atomic E-state index is 0.00640. The number of benzene rings is 1. The first-order valence-corrected chi connectivity index (χ1v) is 9.01. The molecule has 4 nitrogen and oxygen atoms in total. The van der Waals surface area contributed by atoms with E-state index in [0.29, 0.717) is 30.6 Å². The second kappa shape index (κ2) is 6.58. The predicted molar refractivity (Wildman–Crippen MR) is 94.6 cm³/mol. The fourth-order valence-corrected chi connectivity index (χ4v) is 2.82. The highest BCUT2D eigenvalue weighted by Gasteiger charge is 2.34. The molecular weight excluding hydrogens is 300 g/mol. The van der Waals surface area contributed by atoms with Crippen molar-refractivity contribution in [2.75, 3.05) is 0 Å². The van der Waals surface area contributed by atoms with E-state index in [4.69, 9.17) is 0 Å². The number of nitrogens with zero attached hydrogens (tertiary/aromatic N) is 1. The Morgan fingerprint density at radius 1 is 1.08 bits per heavy atom. The van der Waals surface area contributed by atoms with Gasteiger partial charge in [-0.3, -0.25) is 9.59 Å². The Labute approximate surface area is 144 Å². The molecule has 0 aromatic heterocycles. The summed E-state index contributed by atoms with van der Waals surface area (Å²) >= 11 is 0. The minimum Gasteiger partial charge on any atom is -0.349 e. The molecule has 0 spiro atoms. The van der Waals surface area contributed by atoms with Crippen LogP contribution in [0.5, 0.6) is 0 Å². The standard InChI is InChI=1S/C20H28N2O2/c1-20(2,3)12-18(23)22(17-10-11-17)13-14-4-6-15(7-5-14)19(24)21-16-8-9-16/h4-7,16-17H,8-13H2,1-3H3,(H,21,24). The number of rotatable bonds is 6. The summed E-state index contributed by atoms with van der Waals surface area (Å²) in [6.45, 7) is 6.94. The summed E-state index contributed by atoms with van der Waals surface area (Å²) in [7, 11) is 0. The molecule has 130 valence electrons. The molecule has 2 aliphatic carbocycles. The van der Waals surface area contributed by atoms with Gasteiger partial charge in [-0.05, 0) is 48.8 Å². The molecule has 24 heavy (non-hydrogen) atoms. The Balaban J connectivity index is 1.62. The summed E-state index contributed by atoms with van der Waals surface area (Å²) in [5.74, 6) is 0.243. The van der Waals surface area contributed by atoms with Gasteiger partial charge in [0.2, 0.25) is 5.91 Å². The van der Waals surface area contributed by atoms with Gasteiger partial charge in [-0.15, -0.1) is 0 Å². The molecule has 0 aliphatic heterocycles. The van der Waals surface area contributed by atoms with Crippen LogP contribution in [0.3, 0.4) is 0 Å². The molecule has 0 heterocycles. The highest BCUT2D eigenvalue weighted by molar-refractivity contribution is 5.94. The maximum atomic E-state index is 12.6. The third-order valence-electron chi connectivity index (χ3n) is 4.47. The zero-order valence-electron chi connectivity index (χ0n) is 15.0. The van der Waals surface area contributed by atoms with Gasteiger partial charge in [0.1, 0.15) is 0 Å². The predicted octanol–water partition coefficient (Wildman–Crippen LogP) is 3.51. The van der Waals surface area contributed by atoms with Gasteiger partial charge in [0.15, 0.2) is 0 Å². The molecule has 3 rings (SSSR count). The van der Waals surface area contributed by atoms with Crippen molar-refractivity contribution in [3.05, 3.63) is 35.4 Å². The van der Waals surface area contributed by atoms with Gasteiger partial charge in [0.25, 0.3) is 5.91 Å². The van der Waals surface area contributed by atoms with E-state index in [2.05, 4.69) is 26.1 Å². The summed E-state index contributed by atoms with van der Waals surface area (Å²) in [6.07, 6.45) is 4.98. The molecule has 2 fully saturated rings. The van der Waals surface area contributed by atoms with Gasteiger partial charge in [-0.2, -0.15) is 0 Å². The van der Waals surface area contributed by atoms with Crippen LogP contribution in [0.1, 0.15) is 68.8 Å². The van der Waals surface area contributed by atoms with Crippen molar-refractivity contribution in [2.45, 2.75) is 71.5 Å². The van der Waals surface area contributed by atoms with E-state index in [9.17, 15) is 9.59 Å². The van der Waals surface area contributed by atoms with Crippen molar-refractivity contribution in [3.63, 3.8) is 0 Å². The molecule has 2 aliphatic rings. The third kappa shape index (κ3) is 4.83. The Morgan fingerprint density at radius 2 is 1.71 bits per heavy atom. The topological polar surface area (TPSA) is 49.4 Å². The molecule has 1 aromatic carbocycles. The summed E-state index contributed by atoms with van der Waals surface area (Å²) in [5, 5.41) is 3.00. The molecule has 2 amide bonds. The van der Waals surface area contributed by atoms with E-state index >= 15 is 0 Å². The smallest absolute Gasteiger partial charge is 0.251 e. The van der Waals surface area contributed by atoms with Crippen LogP contribution in [0, 0.1) is 5.41 Å². The first-order valence-electron chi connectivity index (χ1n) is 9.01. The first-order chi connectivity index (χ1) is 11.3. The molecule has 0 unspecified atom stereocenters. The fraction of sp³-hybridized carbons (Fsp3) is 0.600. The van der Waals surface area contributed by atoms with E-state index in [1.54, 1.807) is 0 Å². The highest BCUT2D eigenvalue weighted by atomic mass is 16.2. The minimum absolute atomic E-state index is 0.00640. The monoisotopic (exact) mass is 328 g/mol. The second-order valence-electron chi connectivity index (χ2n) is 8.43. The Bertz CT molecular complexity index is 608. The van der Waals surface area contributed by atoms with Gasteiger partial charge in [-0.25, -0.2) is 0 Å². The lowest BCUT2D eigenvalue weighted by Crippen LogP contribution is -2.35. The zero-order chi connectivity index (χ0) is 17.3. The van der Waals surface area contributed by atoms with E-state index in [0.717, 1.165) is 31.2 Å². The lowest BCUT2D eigenvalue weighted by Gasteiger charge is -2.27. The van der Waals surface area contributed by atoms with Crippen LogP contribution in [0.25, 0.3) is 0 Å². The van der Waals surface area contributed by atoms with Crippen molar-refractivity contribution in [2.24, 2.45) is 5.41 Å². The zero-order valence-corrected chi connectivity index (χ0v) is 15.0. The van der Waals surface area contributed by atoms with E-state index in [1.165, 1.54) is 0 Å². The molecule has 2 saturated carbocycles. The Morgan fingerprint density at radius 3 is 2.21 bits per heavy atom. The van der Waals surface area contributed by atoms with Crippen LogP contribution < -0.4 is 5.32 Å². The normalized spacial score (nSPS) is 17.5. The maximum Gasteiger partial charge on any atom is 0.251 e. The number of nitrogens with one attached hydrogen (secondary N) is 1. The molecule has 0 bridgehead atoms. The molecular formula is C20H28N2O2. The van der Waals surface area contributed by atoms with Crippen LogP contribution >= 0.6 is 0 Å². The van der Waals surface area contributed by atoms with E-state index in [-0.39, 0.29) is 17.2 Å². The molecule has 4 heteroatoms. The van der Waals surface area contributed by atoms with Gasteiger partial charge in [0, 0.05) is 30.6 Å². The first kappa shape index (κ1) is 17.0. The number of carbonyl (C=O) groups excluding carboxylic acids is 2. The Kier molecular flexibility index (Phi) is 4.66. The van der Waals surface area contributed by atoms with E-state index in [1.807, 2.05) is 29.2 Å². The average Bonchev–Trinajstić information content (AvgIpc) is 3.37. The highest BCUT2D eigenvalue weighted by Crippen LogP contribution is 2.31. The van der Waals surface area contributed by atoms with Crippen LogP contribution in [0.15, 0.2) is 24.3 Å². The summed E-state index contributed by atoms with van der Waals surface area (Å²) in [5.41, 5.74) is 1.80. The summed E-state index contributed by atoms with van der Waals surface area (Å²) in [4.78, 5) is 26.7. The number of amides is 2. The van der Waals surface area contributed by atoms with Crippen LogP contribution in [0.4, 0.5) is 0 Å². The number of hydrogen-bond acceptors (Lipinski definition) is 2. The second-order valence-corrected chi connectivity index (χ2v) is 8.43. The van der Waals surface area contributed by atoms with Crippen molar-refractivity contribution in [1.29, 1.82) is 0 Å². The third-order valence-corrected chi connectivity index (χ3v) is 4.47. The maximum absolute atomic E-state index is 12.6. The van der Waals surface area contributed by atoms with Gasteiger partial charge in [-0.1, -0.05) is 32.9 Å². The molecule has 1 N–H and O–H groups in total. The average molecular weight is 328 g/mol. The molecule has 1 aromatic rings. The molecule has 0 atom stereocenters. The summed E-state index contributed by atoms with van der Waals surface area (Å²) < 4.78 is 0. The van der Waals surface area contributed by atoms with Crippen molar-refractivity contribution < 1.29 is 9.59 Å². The van der Waals surface area contributed by atoms with Crippen molar-refractivity contribution in [1.82, 2.24) is 10.2 Å². The van der Waals surface area contributed by atoms with Gasteiger partial charge < -0.3 is 10.2 Å². The SMILES string of the molecule is CC(C)(C)CC(=O)N(Cc1ccc(C(=O)NC2CC2)cc1)C1CC1. The molecule has 0 saturated heterocycles. The van der Waals surface area contributed by atoms with Crippen molar-refractivity contribution in [3.8, 4) is 0 Å². The van der Waals surface area contributed by atoms with Gasteiger partial charge in [0.05, 0.1) is 0 Å². The number of hydrogen-bond donors (Lipinski definition) is 1. The van der Waals surface area contributed by atoms with Gasteiger partial charge >= 0.3 is 0 Å². The lowest BCUT2D eigenvalue weighted by molar-refractivity contribution is -0.134. The van der Waals surface area contributed by atoms with Crippen LogP contribution in [-0.4, -0.2) is 28.8 Å². The van der Waals surface area contributed by atoms with Crippen LogP contribution in [-0.2, 0) is 11.3 Å².